The first-order valence-corrected chi connectivity index (χ1v) is 6.99. The van der Waals surface area contributed by atoms with E-state index < -0.39 is 22.5 Å². The topological polar surface area (TPSA) is 107 Å². The number of aromatic nitrogens is 2. The average Bonchev–Trinajstić information content (AvgIpc) is 3.21. The molecule has 0 spiro atoms. The van der Waals surface area contributed by atoms with Gasteiger partial charge in [0.1, 0.15) is 10.6 Å². The number of alkyl halides is 3. The van der Waals surface area contributed by atoms with Crippen molar-refractivity contribution in [3.63, 3.8) is 0 Å². The minimum absolute atomic E-state index is 0.00248. The lowest BCUT2D eigenvalue weighted by Crippen LogP contribution is -2.06. The van der Waals surface area contributed by atoms with E-state index >= 15 is 0 Å². The van der Waals surface area contributed by atoms with E-state index in [-0.39, 0.29) is 22.7 Å². The maximum Gasteiger partial charge on any atom is 0.433 e. The Bertz CT molecular complexity index is 991. The van der Waals surface area contributed by atoms with E-state index in [1.165, 1.54) is 24.4 Å². The minimum Gasteiger partial charge on any atom is -0.411 e. The van der Waals surface area contributed by atoms with E-state index in [0.29, 0.717) is 0 Å². The molecule has 0 aliphatic rings. The van der Waals surface area contributed by atoms with Crippen LogP contribution >= 0.6 is 0 Å². The molecule has 0 fully saturated rings. The minimum atomic E-state index is -4.52. The molecule has 0 atom stereocenters. The summed E-state index contributed by atoms with van der Waals surface area (Å²) in [5, 5.41) is 26.4. The van der Waals surface area contributed by atoms with Crippen molar-refractivity contribution in [2.75, 3.05) is 0 Å². The van der Waals surface area contributed by atoms with Crippen LogP contribution in [0.4, 0.5) is 19.1 Å². The Hall–Kier alpha value is -3.63. The largest absolute Gasteiger partial charge is 0.433 e. The van der Waals surface area contributed by atoms with Gasteiger partial charge in [-0.05, 0) is 24.3 Å². The molecule has 8 nitrogen and oxygen atoms in total. The Morgan fingerprint density at radius 2 is 2.08 bits per heavy atom. The number of nitrogens with zero attached hydrogens (tertiary/aromatic N) is 4. The third kappa shape index (κ3) is 3.27. The fourth-order valence-corrected chi connectivity index (χ4v) is 2.25. The summed E-state index contributed by atoms with van der Waals surface area (Å²) in [5.41, 5.74) is -0.514. The van der Waals surface area contributed by atoms with Crippen molar-refractivity contribution >= 4 is 12.1 Å². The number of benzene rings is 1. The summed E-state index contributed by atoms with van der Waals surface area (Å²) in [6.07, 6.45) is -2.23. The summed E-state index contributed by atoms with van der Waals surface area (Å²) in [7, 11) is 0. The van der Waals surface area contributed by atoms with Crippen LogP contribution in [0.5, 0.6) is 0 Å². The highest BCUT2D eigenvalue weighted by Crippen LogP contribution is 2.31. The van der Waals surface area contributed by atoms with Crippen molar-refractivity contribution in [1.82, 2.24) is 9.78 Å². The first kappa shape index (κ1) is 17.2. The zero-order valence-electron chi connectivity index (χ0n) is 12.7. The second kappa shape index (κ2) is 6.35. The number of oxime groups is 1. The molecule has 2 heterocycles. The van der Waals surface area contributed by atoms with Crippen LogP contribution in [-0.4, -0.2) is 26.1 Å². The first-order valence-electron chi connectivity index (χ1n) is 6.99. The Morgan fingerprint density at radius 1 is 1.31 bits per heavy atom. The second-order valence-electron chi connectivity index (χ2n) is 5.07. The van der Waals surface area contributed by atoms with Crippen molar-refractivity contribution in [3.8, 4) is 17.1 Å². The van der Waals surface area contributed by atoms with Gasteiger partial charge in [-0.1, -0.05) is 11.2 Å². The highest BCUT2D eigenvalue weighted by Gasteiger charge is 2.30. The Balaban J connectivity index is 2.09. The standard InChI is InChI=1S/C15H9F3N4O4/c16-15(17,18)10-2-1-3-11(6-10)21-8-9(7-19-23)14(20-21)12-4-5-13(26-12)22(24)25/h1-8,23H. The molecule has 0 aliphatic heterocycles. The van der Waals surface area contributed by atoms with Gasteiger partial charge in [0.15, 0.2) is 5.76 Å². The lowest BCUT2D eigenvalue weighted by atomic mass is 10.2. The number of furan rings is 1. The van der Waals surface area contributed by atoms with E-state index in [9.17, 15) is 23.3 Å². The molecule has 1 N–H and O–H groups in total. The van der Waals surface area contributed by atoms with Crippen LogP contribution in [0, 0.1) is 10.1 Å². The average molecular weight is 366 g/mol. The van der Waals surface area contributed by atoms with Crippen molar-refractivity contribution < 1.29 is 27.7 Å². The molecule has 11 heteroatoms. The molecular weight excluding hydrogens is 357 g/mol. The van der Waals surface area contributed by atoms with Crippen LogP contribution in [0.2, 0.25) is 0 Å². The third-order valence-electron chi connectivity index (χ3n) is 3.38. The highest BCUT2D eigenvalue weighted by molar-refractivity contribution is 5.87. The van der Waals surface area contributed by atoms with Gasteiger partial charge in [-0.15, -0.1) is 0 Å². The van der Waals surface area contributed by atoms with Gasteiger partial charge in [0.2, 0.25) is 0 Å². The molecule has 1 aromatic carbocycles. The molecule has 3 aromatic rings. The number of rotatable bonds is 4. The van der Waals surface area contributed by atoms with E-state index in [4.69, 9.17) is 9.62 Å². The van der Waals surface area contributed by atoms with Gasteiger partial charge >= 0.3 is 12.1 Å². The molecule has 0 saturated carbocycles. The molecule has 0 radical (unpaired) electrons. The Morgan fingerprint density at radius 3 is 2.69 bits per heavy atom. The summed E-state index contributed by atoms with van der Waals surface area (Å²) < 4.78 is 44.8. The monoisotopic (exact) mass is 366 g/mol. The summed E-state index contributed by atoms with van der Waals surface area (Å²) in [6, 6.07) is 6.82. The highest BCUT2D eigenvalue weighted by atomic mass is 19.4. The zero-order chi connectivity index (χ0) is 18.9. The van der Waals surface area contributed by atoms with Gasteiger partial charge < -0.3 is 9.62 Å². The second-order valence-corrected chi connectivity index (χ2v) is 5.07. The number of nitro groups is 1. The zero-order valence-corrected chi connectivity index (χ0v) is 12.7. The van der Waals surface area contributed by atoms with Crippen molar-refractivity contribution in [1.29, 1.82) is 0 Å². The predicted octanol–water partition coefficient (Wildman–Crippen LogP) is 3.87. The van der Waals surface area contributed by atoms with Crippen LogP contribution < -0.4 is 0 Å². The van der Waals surface area contributed by atoms with Crippen LogP contribution in [0.15, 0.2) is 52.2 Å². The van der Waals surface area contributed by atoms with Gasteiger partial charge in [-0.3, -0.25) is 10.1 Å². The normalized spacial score (nSPS) is 12.0. The number of halogens is 3. The number of hydrogen-bond donors (Lipinski definition) is 1. The molecule has 0 amide bonds. The SMILES string of the molecule is O=[N+]([O-])c1ccc(-c2nn(-c3cccc(C(F)(F)F)c3)cc2C=NO)o1. The van der Waals surface area contributed by atoms with Crippen LogP contribution in [0.1, 0.15) is 11.1 Å². The maximum atomic E-state index is 12.9. The van der Waals surface area contributed by atoms with Crippen LogP contribution in [-0.2, 0) is 6.18 Å². The molecule has 0 unspecified atom stereocenters. The Kier molecular flexibility index (Phi) is 4.20. The molecule has 26 heavy (non-hydrogen) atoms. The Labute approximate surface area is 142 Å². The summed E-state index contributed by atoms with van der Waals surface area (Å²) >= 11 is 0. The fraction of sp³-hybridized carbons (Fsp3) is 0.0667. The first-order chi connectivity index (χ1) is 12.3. The third-order valence-corrected chi connectivity index (χ3v) is 3.38. The van der Waals surface area contributed by atoms with E-state index in [0.717, 1.165) is 29.1 Å². The fourth-order valence-electron chi connectivity index (χ4n) is 2.25. The molecule has 3 rings (SSSR count). The quantitative estimate of drug-likeness (QED) is 0.326. The van der Waals surface area contributed by atoms with Crippen molar-refractivity contribution in [3.05, 3.63) is 63.8 Å². The number of hydrogen-bond acceptors (Lipinski definition) is 6. The molecule has 0 saturated heterocycles. The molecule has 0 bridgehead atoms. The smallest absolute Gasteiger partial charge is 0.411 e. The predicted molar refractivity (Wildman–Crippen MR) is 82.3 cm³/mol. The van der Waals surface area contributed by atoms with Gasteiger partial charge in [0, 0.05) is 11.8 Å². The molecule has 134 valence electrons. The lowest BCUT2D eigenvalue weighted by molar-refractivity contribution is -0.401. The maximum absolute atomic E-state index is 12.9. The van der Waals surface area contributed by atoms with Crippen molar-refractivity contribution in [2.24, 2.45) is 5.16 Å². The van der Waals surface area contributed by atoms with Gasteiger partial charge in [-0.25, -0.2) is 4.68 Å². The van der Waals surface area contributed by atoms with Gasteiger partial charge in [0.25, 0.3) is 0 Å². The summed E-state index contributed by atoms with van der Waals surface area (Å²) in [4.78, 5) is 9.98. The molecule has 2 aromatic heterocycles. The van der Waals surface area contributed by atoms with E-state index in [1.807, 2.05) is 0 Å². The van der Waals surface area contributed by atoms with Crippen LogP contribution in [0.25, 0.3) is 17.1 Å². The van der Waals surface area contributed by atoms with E-state index in [2.05, 4.69) is 10.3 Å². The summed E-state index contributed by atoms with van der Waals surface area (Å²) in [5.74, 6) is -0.530. The van der Waals surface area contributed by atoms with E-state index in [1.54, 1.807) is 0 Å². The lowest BCUT2D eigenvalue weighted by Gasteiger charge is -2.08. The molecular formula is C15H9F3N4O4. The van der Waals surface area contributed by atoms with Gasteiger partial charge in [-0.2, -0.15) is 18.3 Å². The summed E-state index contributed by atoms with van der Waals surface area (Å²) in [6.45, 7) is 0. The molecule has 0 aliphatic carbocycles. The van der Waals surface area contributed by atoms with Crippen LogP contribution in [0.3, 0.4) is 0 Å². The van der Waals surface area contributed by atoms with Gasteiger partial charge in [0.05, 0.1) is 23.5 Å². The van der Waals surface area contributed by atoms with Crippen molar-refractivity contribution in [2.45, 2.75) is 6.18 Å².